The first kappa shape index (κ1) is 66.2. The first-order valence-electron chi connectivity index (χ1n) is 36.6. The lowest BCUT2D eigenvalue weighted by Crippen LogP contribution is -2.30. The van der Waals surface area contributed by atoms with Gasteiger partial charge in [-0.15, -0.1) is 0 Å². The van der Waals surface area contributed by atoms with Crippen molar-refractivity contribution in [2.45, 2.75) is 20.8 Å². The number of nitrogens with zero attached hydrogens (tertiary/aromatic N) is 6. The third-order valence-electron chi connectivity index (χ3n) is 22.1. The molecule has 0 radical (unpaired) electrons. The minimum atomic E-state index is 1.22. The predicted molar refractivity (Wildman–Crippen MR) is 445 cm³/mol. The summed E-state index contributed by atoms with van der Waals surface area (Å²) in [5.41, 5.74) is 33.8. The van der Waals surface area contributed by atoms with Crippen LogP contribution in [0.1, 0.15) is 16.7 Å². The van der Waals surface area contributed by atoms with E-state index in [4.69, 9.17) is 0 Å². The van der Waals surface area contributed by atoms with Gasteiger partial charge in [-0.1, -0.05) is 200 Å². The summed E-state index contributed by atoms with van der Waals surface area (Å²) < 4.78 is 13.4. The molecule has 13 aromatic carbocycles. The minimum absolute atomic E-state index is 1.22. The zero-order valence-electron chi connectivity index (χ0n) is 61.5. The van der Waals surface area contributed by atoms with Crippen LogP contribution in [-0.2, 0) is 42.3 Å². The maximum Gasteiger partial charge on any atom is 0.212 e. The van der Waals surface area contributed by atoms with Crippen molar-refractivity contribution in [3.05, 3.63) is 357 Å². The molecule has 0 N–H and O–H groups in total. The maximum absolute atomic E-state index is 2.34. The second-order valence-corrected chi connectivity index (χ2v) is 28.5. The number of fused-ring (bicyclic) bond motifs is 10. The average Bonchev–Trinajstić information content (AvgIpc) is 1.58. The summed E-state index contributed by atoms with van der Waals surface area (Å²) >= 11 is 0. The Morgan fingerprint density at radius 3 is 0.943 bits per heavy atom. The zero-order valence-corrected chi connectivity index (χ0v) is 61.5. The number of benzene rings is 13. The molecule has 0 aliphatic heterocycles. The zero-order chi connectivity index (χ0) is 72.3. The van der Waals surface area contributed by atoms with Crippen LogP contribution in [-0.4, -0.2) is 13.7 Å². The largest absolute Gasteiger partial charge is 0.344 e. The molecule has 6 aromatic heterocycles. The molecule has 6 heterocycles. The summed E-state index contributed by atoms with van der Waals surface area (Å²) in [7, 11) is 12.8. The number of rotatable bonds is 9. The molecule has 19 rings (SSSR count). The van der Waals surface area contributed by atoms with Gasteiger partial charge in [0.15, 0.2) is 18.6 Å². The number of hydrogen-bond acceptors (Lipinski definition) is 0. The Bertz CT molecular complexity index is 6640. The summed E-state index contributed by atoms with van der Waals surface area (Å²) in [6, 6.07) is 117. The molecule has 0 fully saturated rings. The molecule has 0 unspecified atom stereocenters. The lowest BCUT2D eigenvalue weighted by molar-refractivity contribution is -0.660. The van der Waals surface area contributed by atoms with Crippen LogP contribution in [0.5, 0.6) is 0 Å². The van der Waals surface area contributed by atoms with Crippen LogP contribution in [0.2, 0.25) is 0 Å². The first-order valence-corrected chi connectivity index (χ1v) is 36.6. The van der Waals surface area contributed by atoms with Crippen LogP contribution >= 0.6 is 0 Å². The van der Waals surface area contributed by atoms with Gasteiger partial charge in [0, 0.05) is 140 Å². The van der Waals surface area contributed by atoms with Gasteiger partial charge in [-0.3, -0.25) is 0 Å². The molecule has 106 heavy (non-hydrogen) atoms. The number of aryl methyl sites for hydroxylation is 9. The van der Waals surface area contributed by atoms with E-state index in [2.05, 4.69) is 431 Å². The van der Waals surface area contributed by atoms with Crippen LogP contribution in [0, 0.1) is 20.8 Å². The number of hydrogen-bond donors (Lipinski definition) is 0. The molecule has 510 valence electrons. The van der Waals surface area contributed by atoms with Crippen LogP contribution in [0.4, 0.5) is 0 Å². The maximum atomic E-state index is 2.34. The molecule has 6 nitrogen and oxygen atoms in total. The molecule has 0 aliphatic rings. The molecule has 0 saturated heterocycles. The summed E-state index contributed by atoms with van der Waals surface area (Å²) in [6.07, 6.45) is 6.31. The quantitative estimate of drug-likeness (QED) is 0.129. The van der Waals surface area contributed by atoms with E-state index in [0.717, 1.165) is 0 Å². The van der Waals surface area contributed by atoms with E-state index >= 15 is 0 Å². The van der Waals surface area contributed by atoms with Gasteiger partial charge in [0.1, 0.15) is 21.1 Å². The normalized spacial score (nSPS) is 11.4. The van der Waals surface area contributed by atoms with Crippen molar-refractivity contribution >= 4 is 76.2 Å². The number of para-hydroxylation sites is 3. The van der Waals surface area contributed by atoms with E-state index in [9.17, 15) is 0 Å². The molecule has 0 saturated carbocycles. The van der Waals surface area contributed by atoms with Gasteiger partial charge < -0.3 is 13.7 Å². The number of pyridine rings is 3. The molecule has 0 spiro atoms. The van der Waals surface area contributed by atoms with Gasteiger partial charge >= 0.3 is 0 Å². The van der Waals surface area contributed by atoms with E-state index in [1.54, 1.807) is 0 Å². The predicted octanol–water partition coefficient (Wildman–Crippen LogP) is 23.5. The molecular weight excluding hydrogens is 1290 g/mol. The Labute approximate surface area is 620 Å². The van der Waals surface area contributed by atoms with Crippen molar-refractivity contribution in [3.8, 4) is 101 Å². The molecule has 6 heteroatoms. The Morgan fingerprint density at radius 1 is 0.189 bits per heavy atom. The molecule has 0 atom stereocenters. The van der Waals surface area contributed by atoms with Crippen LogP contribution < -0.4 is 13.7 Å². The Kier molecular flexibility index (Phi) is 17.3. The van der Waals surface area contributed by atoms with E-state index in [0.29, 0.717) is 0 Å². The van der Waals surface area contributed by atoms with E-state index in [1.807, 2.05) is 0 Å². The highest BCUT2D eigenvalue weighted by Gasteiger charge is 2.20. The Morgan fingerprint density at radius 2 is 0.481 bits per heavy atom. The van der Waals surface area contributed by atoms with Crippen molar-refractivity contribution in [1.29, 1.82) is 0 Å². The highest BCUT2D eigenvalue weighted by atomic mass is 15.0. The van der Waals surface area contributed by atoms with Crippen molar-refractivity contribution in [2.75, 3.05) is 0 Å². The summed E-state index contributed by atoms with van der Waals surface area (Å²) in [5.74, 6) is 0. The van der Waals surface area contributed by atoms with Gasteiger partial charge in [0.05, 0.1) is 0 Å². The summed E-state index contributed by atoms with van der Waals surface area (Å²) in [6.45, 7) is 6.55. The van der Waals surface area contributed by atoms with E-state index < -0.39 is 0 Å². The molecule has 0 amide bonds. The topological polar surface area (TPSA) is 26.4 Å². The van der Waals surface area contributed by atoms with Gasteiger partial charge in [-0.2, -0.15) is 0 Å². The van der Waals surface area contributed by atoms with Crippen molar-refractivity contribution < 1.29 is 13.7 Å². The fraction of sp³-hybridized carbons (Fsp3) is 0.0900. The summed E-state index contributed by atoms with van der Waals surface area (Å²) in [5, 5.41) is 10.4. The van der Waals surface area contributed by atoms with Crippen molar-refractivity contribution in [3.63, 3.8) is 0 Å². The Balaban J connectivity index is 0.000000117. The lowest BCUT2D eigenvalue weighted by Gasteiger charge is -2.14. The van der Waals surface area contributed by atoms with Crippen molar-refractivity contribution in [2.24, 2.45) is 42.3 Å². The molecule has 0 bridgehead atoms. The SMILES string of the molecule is Cc1ccc(-c2ccc(-c3ccc4c5ccccc5n(C)c4c3)c3ccccc23)cc1-c1cccc[n+]1C.Cc1ccc(-c2ccc(-c3ccc4c5ccccc5n(C)c4c3)cc2)cc1-c1cccc[n+]1C.Cc1ccc(-c2cccc(-c3ccc4c(c3)c3ccccc3n4C)c2)cc1-c1cccc[n+]1C. The summed E-state index contributed by atoms with van der Waals surface area (Å²) in [4.78, 5) is 0. The van der Waals surface area contributed by atoms with E-state index in [1.165, 1.54) is 193 Å². The lowest BCUT2D eigenvalue weighted by atomic mass is 9.90. The first-order chi connectivity index (χ1) is 51.8. The van der Waals surface area contributed by atoms with Crippen LogP contribution in [0.3, 0.4) is 0 Å². The Hall–Kier alpha value is -13.0. The molecule has 19 aromatic rings. The second kappa shape index (κ2) is 27.6. The van der Waals surface area contributed by atoms with Gasteiger partial charge in [-0.05, 0) is 200 Å². The fourth-order valence-electron chi connectivity index (χ4n) is 16.2. The second-order valence-electron chi connectivity index (χ2n) is 28.5. The average molecular weight is 1370 g/mol. The third-order valence-corrected chi connectivity index (χ3v) is 22.1. The van der Waals surface area contributed by atoms with Gasteiger partial charge in [-0.25, -0.2) is 13.7 Å². The fourth-order valence-corrected chi connectivity index (χ4v) is 16.2. The van der Waals surface area contributed by atoms with Crippen LogP contribution in [0.15, 0.2) is 340 Å². The molecule has 0 aliphatic carbocycles. The number of aromatic nitrogens is 6. The highest BCUT2D eigenvalue weighted by molar-refractivity contribution is 6.13. The highest BCUT2D eigenvalue weighted by Crippen LogP contribution is 2.42. The third kappa shape index (κ3) is 12.1. The van der Waals surface area contributed by atoms with Crippen molar-refractivity contribution in [1.82, 2.24) is 13.7 Å². The standard InChI is InChI=1S/C36H29N2.2C32H27N2/c1-24-15-16-25(22-33(24)34-13-8-9-21-37(34)2)27-19-20-28(30-11-5-4-10-29(27)30)26-17-18-32-31-12-6-7-14-35(31)38(3)36(32)23-26;1-22-14-15-25(20-28(22)30-12-6-7-18-33(30)2)23-9-8-10-24(19-23)26-16-17-32-29(21-26)27-11-4-5-13-31(27)34(32)3;1-22-11-12-25(20-29(22)30-9-6-7-19-33(30)2)23-13-15-24(16-14-23)26-17-18-28-27-8-4-5-10-31(27)34(3)32(28)21-26/h4-23H,1-3H3;2*4-21H,1-3H3/q3*+1. The van der Waals surface area contributed by atoms with Gasteiger partial charge in [0.25, 0.3) is 0 Å². The van der Waals surface area contributed by atoms with Crippen LogP contribution in [0.25, 0.3) is 177 Å². The smallest absolute Gasteiger partial charge is 0.212 e. The minimum Gasteiger partial charge on any atom is -0.344 e. The monoisotopic (exact) mass is 1370 g/mol. The van der Waals surface area contributed by atoms with Gasteiger partial charge in [0.2, 0.25) is 17.1 Å². The van der Waals surface area contributed by atoms with E-state index in [-0.39, 0.29) is 0 Å². The molecular formula is C100H83N6+3.